The zero-order chi connectivity index (χ0) is 14.8. The smallest absolute Gasteiger partial charge is 0.317 e. The first kappa shape index (κ1) is 14.0. The van der Waals surface area contributed by atoms with Crippen molar-refractivity contribution in [3.05, 3.63) is 29.4 Å². The largest absolute Gasteiger partial charge is 0.480 e. The standard InChI is InChI=1S/C14H15ClN4O2/c15-13-14(17-11-4-2-1-3-10(11)16-13)19-7-5-18(6-8-19)9-12(20)21/h1-4H,5-9H2,(H,20,21). The van der Waals surface area contributed by atoms with Crippen LogP contribution in [0.3, 0.4) is 0 Å². The molecule has 0 amide bonds. The van der Waals surface area contributed by atoms with Gasteiger partial charge in [0.2, 0.25) is 0 Å². The molecule has 0 unspecified atom stereocenters. The van der Waals surface area contributed by atoms with Crippen molar-refractivity contribution in [1.29, 1.82) is 0 Å². The average Bonchev–Trinajstić information content (AvgIpc) is 2.47. The zero-order valence-electron chi connectivity index (χ0n) is 11.4. The Hall–Kier alpha value is -1.92. The first-order valence-corrected chi connectivity index (χ1v) is 7.12. The highest BCUT2D eigenvalue weighted by atomic mass is 35.5. The molecule has 0 radical (unpaired) electrons. The van der Waals surface area contributed by atoms with Crippen LogP contribution in [-0.2, 0) is 4.79 Å². The Labute approximate surface area is 127 Å². The summed E-state index contributed by atoms with van der Waals surface area (Å²) < 4.78 is 0. The number of piperazine rings is 1. The van der Waals surface area contributed by atoms with E-state index in [-0.39, 0.29) is 6.54 Å². The first-order chi connectivity index (χ1) is 10.1. The molecule has 2 aromatic rings. The maximum absolute atomic E-state index is 10.7. The molecule has 1 fully saturated rings. The van der Waals surface area contributed by atoms with Crippen LogP contribution in [0.25, 0.3) is 11.0 Å². The van der Waals surface area contributed by atoms with Crippen LogP contribution in [0.5, 0.6) is 0 Å². The molecular formula is C14H15ClN4O2. The van der Waals surface area contributed by atoms with Gasteiger partial charge >= 0.3 is 5.97 Å². The van der Waals surface area contributed by atoms with Gasteiger partial charge in [-0.1, -0.05) is 23.7 Å². The molecule has 0 spiro atoms. The Bertz CT molecular complexity index is 671. The van der Waals surface area contributed by atoms with E-state index in [0.29, 0.717) is 37.1 Å². The van der Waals surface area contributed by atoms with Crippen molar-refractivity contribution >= 4 is 34.4 Å². The number of aromatic nitrogens is 2. The molecule has 1 saturated heterocycles. The number of fused-ring (bicyclic) bond motifs is 1. The normalized spacial score (nSPS) is 16.3. The van der Waals surface area contributed by atoms with Gasteiger partial charge in [0.15, 0.2) is 11.0 Å². The molecule has 1 N–H and O–H groups in total. The maximum Gasteiger partial charge on any atom is 0.317 e. The predicted octanol–water partition coefficient (Wildman–Crippen LogP) is 1.49. The van der Waals surface area contributed by atoms with E-state index in [4.69, 9.17) is 16.7 Å². The van der Waals surface area contributed by atoms with Gasteiger partial charge < -0.3 is 10.0 Å². The van der Waals surface area contributed by atoms with Crippen LogP contribution in [0.1, 0.15) is 0 Å². The van der Waals surface area contributed by atoms with Gasteiger partial charge in [-0.15, -0.1) is 0 Å². The summed E-state index contributed by atoms with van der Waals surface area (Å²) in [7, 11) is 0. The summed E-state index contributed by atoms with van der Waals surface area (Å²) in [4.78, 5) is 23.6. The number of hydrogen-bond acceptors (Lipinski definition) is 5. The molecule has 110 valence electrons. The summed E-state index contributed by atoms with van der Waals surface area (Å²) in [5.74, 6) is -0.127. The van der Waals surface area contributed by atoms with E-state index in [9.17, 15) is 4.79 Å². The molecule has 0 aliphatic carbocycles. The molecule has 6 nitrogen and oxygen atoms in total. The topological polar surface area (TPSA) is 69.6 Å². The minimum atomic E-state index is -0.799. The lowest BCUT2D eigenvalue weighted by Gasteiger charge is -2.34. The van der Waals surface area contributed by atoms with E-state index in [1.54, 1.807) is 0 Å². The van der Waals surface area contributed by atoms with E-state index >= 15 is 0 Å². The molecule has 7 heteroatoms. The monoisotopic (exact) mass is 306 g/mol. The van der Waals surface area contributed by atoms with Crippen LogP contribution in [0.2, 0.25) is 5.15 Å². The number of halogens is 1. The Morgan fingerprint density at radius 3 is 2.38 bits per heavy atom. The van der Waals surface area contributed by atoms with Gasteiger partial charge in [0.1, 0.15) is 0 Å². The summed E-state index contributed by atoms with van der Waals surface area (Å²) in [6.45, 7) is 2.82. The quantitative estimate of drug-likeness (QED) is 0.926. The van der Waals surface area contributed by atoms with Gasteiger partial charge in [-0.05, 0) is 12.1 Å². The van der Waals surface area contributed by atoms with Gasteiger partial charge in [-0.25, -0.2) is 9.97 Å². The van der Waals surface area contributed by atoms with E-state index in [0.717, 1.165) is 11.0 Å². The number of benzene rings is 1. The number of para-hydroxylation sites is 2. The summed E-state index contributed by atoms with van der Waals surface area (Å²) in [6, 6.07) is 7.60. The van der Waals surface area contributed by atoms with Crippen LogP contribution in [0, 0.1) is 0 Å². The zero-order valence-corrected chi connectivity index (χ0v) is 12.1. The van der Waals surface area contributed by atoms with Crippen LogP contribution in [0.4, 0.5) is 5.82 Å². The molecule has 1 aromatic carbocycles. The Morgan fingerprint density at radius 1 is 1.14 bits per heavy atom. The van der Waals surface area contributed by atoms with Crippen molar-refractivity contribution in [3.8, 4) is 0 Å². The van der Waals surface area contributed by atoms with E-state index in [1.165, 1.54) is 0 Å². The highest BCUT2D eigenvalue weighted by Crippen LogP contribution is 2.25. The molecule has 21 heavy (non-hydrogen) atoms. The van der Waals surface area contributed by atoms with Crippen molar-refractivity contribution < 1.29 is 9.90 Å². The highest BCUT2D eigenvalue weighted by molar-refractivity contribution is 6.32. The van der Waals surface area contributed by atoms with Gasteiger partial charge in [-0.3, -0.25) is 9.69 Å². The lowest BCUT2D eigenvalue weighted by atomic mass is 10.3. The molecule has 0 atom stereocenters. The van der Waals surface area contributed by atoms with E-state index < -0.39 is 5.97 Å². The van der Waals surface area contributed by atoms with Crippen molar-refractivity contribution in [3.63, 3.8) is 0 Å². The Balaban J connectivity index is 1.79. The lowest BCUT2D eigenvalue weighted by molar-refractivity contribution is -0.138. The Morgan fingerprint density at radius 2 is 1.76 bits per heavy atom. The number of carboxylic acid groups (broad SMARTS) is 1. The number of aliphatic carboxylic acids is 1. The molecule has 2 heterocycles. The van der Waals surface area contributed by atoms with Crippen molar-refractivity contribution in [2.75, 3.05) is 37.6 Å². The van der Waals surface area contributed by atoms with E-state index in [2.05, 4.69) is 14.9 Å². The first-order valence-electron chi connectivity index (χ1n) is 6.75. The molecule has 0 bridgehead atoms. The third-order valence-electron chi connectivity index (χ3n) is 3.54. The summed E-state index contributed by atoms with van der Waals surface area (Å²) in [6.07, 6.45) is 0. The van der Waals surface area contributed by atoms with Crippen LogP contribution >= 0.6 is 11.6 Å². The summed E-state index contributed by atoms with van der Waals surface area (Å²) in [5, 5.41) is 9.20. The molecule has 3 rings (SSSR count). The predicted molar refractivity (Wildman–Crippen MR) is 80.8 cm³/mol. The van der Waals surface area contributed by atoms with E-state index in [1.807, 2.05) is 29.2 Å². The SMILES string of the molecule is O=C(O)CN1CCN(c2nc3ccccc3nc2Cl)CC1. The van der Waals surface area contributed by atoms with Gasteiger partial charge in [0.25, 0.3) is 0 Å². The fraction of sp³-hybridized carbons (Fsp3) is 0.357. The Kier molecular flexibility index (Phi) is 3.90. The average molecular weight is 307 g/mol. The lowest BCUT2D eigenvalue weighted by Crippen LogP contribution is -2.48. The minimum absolute atomic E-state index is 0.0744. The van der Waals surface area contributed by atoms with Gasteiger partial charge in [-0.2, -0.15) is 0 Å². The third-order valence-corrected chi connectivity index (χ3v) is 3.80. The van der Waals surface area contributed by atoms with Crippen LogP contribution in [-0.4, -0.2) is 58.7 Å². The molecule has 1 aromatic heterocycles. The van der Waals surface area contributed by atoms with Gasteiger partial charge in [0, 0.05) is 26.2 Å². The van der Waals surface area contributed by atoms with Crippen molar-refractivity contribution in [2.24, 2.45) is 0 Å². The summed E-state index contributed by atoms with van der Waals surface area (Å²) >= 11 is 6.23. The number of carboxylic acids is 1. The number of hydrogen-bond donors (Lipinski definition) is 1. The third kappa shape index (κ3) is 3.06. The molecule has 1 aliphatic rings. The number of anilines is 1. The fourth-order valence-corrected chi connectivity index (χ4v) is 2.73. The second-order valence-electron chi connectivity index (χ2n) is 4.98. The molecular weight excluding hydrogens is 292 g/mol. The van der Waals surface area contributed by atoms with Crippen LogP contribution in [0.15, 0.2) is 24.3 Å². The van der Waals surface area contributed by atoms with Crippen molar-refractivity contribution in [2.45, 2.75) is 0 Å². The number of rotatable bonds is 3. The van der Waals surface area contributed by atoms with Gasteiger partial charge in [0.05, 0.1) is 17.6 Å². The van der Waals surface area contributed by atoms with Crippen LogP contribution < -0.4 is 4.90 Å². The number of nitrogens with zero attached hydrogens (tertiary/aromatic N) is 4. The number of carbonyl (C=O) groups is 1. The fourth-order valence-electron chi connectivity index (χ4n) is 2.48. The molecule has 0 saturated carbocycles. The minimum Gasteiger partial charge on any atom is -0.480 e. The highest BCUT2D eigenvalue weighted by Gasteiger charge is 2.22. The second-order valence-corrected chi connectivity index (χ2v) is 5.34. The maximum atomic E-state index is 10.7. The molecule has 1 aliphatic heterocycles. The van der Waals surface area contributed by atoms with Crippen molar-refractivity contribution in [1.82, 2.24) is 14.9 Å². The second kappa shape index (κ2) is 5.83. The summed E-state index contributed by atoms with van der Waals surface area (Å²) in [5.41, 5.74) is 1.58.